The zero-order valence-corrected chi connectivity index (χ0v) is 25.5. The number of aliphatic carboxylic acids is 3. The number of rotatable bonds is 19. The summed E-state index contributed by atoms with van der Waals surface area (Å²) in [5.41, 5.74) is 5.76. The van der Waals surface area contributed by atoms with Crippen LogP contribution in [0.15, 0.2) is 24.3 Å². The zero-order chi connectivity index (χ0) is 34.4. The van der Waals surface area contributed by atoms with Gasteiger partial charge in [0.25, 0.3) is 0 Å². The summed E-state index contributed by atoms with van der Waals surface area (Å²) in [6.07, 6.45) is -1.89. The van der Waals surface area contributed by atoms with Crippen molar-refractivity contribution in [1.29, 1.82) is 0 Å². The molecule has 0 saturated carbocycles. The Kier molecular flexibility index (Phi) is 15.6. The van der Waals surface area contributed by atoms with Crippen molar-refractivity contribution in [2.24, 2.45) is 17.6 Å². The molecule has 4 amide bonds. The van der Waals surface area contributed by atoms with Crippen LogP contribution in [0.1, 0.15) is 58.9 Å². The minimum atomic E-state index is -1.85. The van der Waals surface area contributed by atoms with Gasteiger partial charge in [0.1, 0.15) is 30.0 Å². The average Bonchev–Trinajstić information content (AvgIpc) is 2.93. The van der Waals surface area contributed by atoms with Crippen LogP contribution in [0.4, 0.5) is 4.39 Å². The molecule has 0 heterocycles. The number of carbonyl (C=O) groups excluding carboxylic acids is 4. The summed E-state index contributed by atoms with van der Waals surface area (Å²) in [6.45, 7) is 6.75. The number of amides is 4. The van der Waals surface area contributed by atoms with Gasteiger partial charge >= 0.3 is 17.9 Å². The first-order valence-corrected chi connectivity index (χ1v) is 14.3. The quantitative estimate of drug-likeness (QED) is 0.0980. The van der Waals surface area contributed by atoms with E-state index < -0.39 is 96.3 Å². The second-order valence-electron chi connectivity index (χ2n) is 11.3. The highest BCUT2D eigenvalue weighted by atomic mass is 19.1. The summed E-state index contributed by atoms with van der Waals surface area (Å²) >= 11 is 0. The SMILES string of the molecule is CC(C)C[C@H](NC(=O)[C@@H](NC(=O)[C@@H](N)CCC(=O)O)C(C)C)C(=O)N[C@@H](Cc1ccccc1F)C(=O)N[C@@H](CC(=O)O)C(=O)O. The van der Waals surface area contributed by atoms with Crippen LogP contribution < -0.4 is 27.0 Å². The maximum atomic E-state index is 14.5. The Bertz CT molecular complexity index is 1240. The van der Waals surface area contributed by atoms with Gasteiger partial charge in [0, 0.05) is 12.8 Å². The lowest BCUT2D eigenvalue weighted by molar-refractivity contribution is -0.147. The van der Waals surface area contributed by atoms with Crippen molar-refractivity contribution in [3.63, 3.8) is 0 Å². The fourth-order valence-corrected chi connectivity index (χ4v) is 4.18. The van der Waals surface area contributed by atoms with Crippen molar-refractivity contribution in [2.75, 3.05) is 0 Å². The van der Waals surface area contributed by atoms with Crippen LogP contribution in [-0.2, 0) is 40.0 Å². The molecule has 0 spiro atoms. The van der Waals surface area contributed by atoms with Crippen LogP contribution in [0.3, 0.4) is 0 Å². The van der Waals surface area contributed by atoms with Crippen molar-refractivity contribution in [2.45, 2.75) is 90.0 Å². The highest BCUT2D eigenvalue weighted by molar-refractivity contribution is 5.96. The van der Waals surface area contributed by atoms with E-state index in [9.17, 15) is 43.1 Å². The standard InChI is InChI=1S/C29H42FN5O10/c1-14(2)11-19(33-28(43)24(15(3)4)35-25(40)18(31)9-10-22(36)37)26(41)32-20(12-16-7-5-6-8-17(16)30)27(42)34-21(29(44)45)13-23(38)39/h5-8,14-15,18-21,24H,9-13,31H2,1-4H3,(H,32,41)(H,33,43)(H,34,42)(H,35,40)(H,36,37)(H,38,39)(H,44,45)/t18-,19-,20-,21-,24-/m0/s1. The topological polar surface area (TPSA) is 254 Å². The second kappa shape index (κ2) is 18.3. The van der Waals surface area contributed by atoms with Gasteiger partial charge in [0.2, 0.25) is 23.6 Å². The summed E-state index contributed by atoms with van der Waals surface area (Å²) < 4.78 is 14.5. The zero-order valence-electron chi connectivity index (χ0n) is 25.5. The lowest BCUT2D eigenvalue weighted by Crippen LogP contribution is -2.60. The Morgan fingerprint density at radius 2 is 1.31 bits per heavy atom. The minimum Gasteiger partial charge on any atom is -0.481 e. The van der Waals surface area contributed by atoms with Gasteiger partial charge in [0.05, 0.1) is 12.5 Å². The monoisotopic (exact) mass is 639 g/mol. The van der Waals surface area contributed by atoms with Gasteiger partial charge in [0.15, 0.2) is 0 Å². The molecular formula is C29H42FN5O10. The molecule has 0 aliphatic rings. The molecular weight excluding hydrogens is 597 g/mol. The maximum Gasteiger partial charge on any atom is 0.326 e. The number of hydrogen-bond acceptors (Lipinski definition) is 8. The molecule has 0 aliphatic heterocycles. The van der Waals surface area contributed by atoms with Crippen LogP contribution in [0.2, 0.25) is 0 Å². The molecule has 0 saturated heterocycles. The summed E-state index contributed by atoms with van der Waals surface area (Å²) in [6, 6.07) is -1.75. The number of carboxylic acids is 3. The van der Waals surface area contributed by atoms with Gasteiger partial charge in [-0.3, -0.25) is 28.8 Å². The molecule has 9 N–H and O–H groups in total. The van der Waals surface area contributed by atoms with E-state index >= 15 is 0 Å². The molecule has 5 atom stereocenters. The lowest BCUT2D eigenvalue weighted by atomic mass is 9.98. The first kappa shape index (κ1) is 38.4. The molecule has 1 aromatic carbocycles. The Morgan fingerprint density at radius 1 is 0.756 bits per heavy atom. The summed E-state index contributed by atoms with van der Waals surface area (Å²) in [5, 5.41) is 36.7. The summed E-state index contributed by atoms with van der Waals surface area (Å²) in [4.78, 5) is 86.0. The van der Waals surface area contributed by atoms with Crippen molar-refractivity contribution in [1.82, 2.24) is 21.3 Å². The maximum absolute atomic E-state index is 14.5. The molecule has 250 valence electrons. The van der Waals surface area contributed by atoms with Crippen LogP contribution >= 0.6 is 0 Å². The molecule has 0 radical (unpaired) electrons. The van der Waals surface area contributed by atoms with Crippen molar-refractivity contribution >= 4 is 41.5 Å². The van der Waals surface area contributed by atoms with E-state index in [0.717, 1.165) is 6.07 Å². The Labute approximate surface area is 259 Å². The fourth-order valence-electron chi connectivity index (χ4n) is 4.18. The van der Waals surface area contributed by atoms with Gasteiger partial charge < -0.3 is 42.3 Å². The number of halogens is 1. The molecule has 0 unspecified atom stereocenters. The fraction of sp³-hybridized carbons (Fsp3) is 0.552. The first-order valence-electron chi connectivity index (χ1n) is 14.3. The van der Waals surface area contributed by atoms with E-state index in [4.69, 9.17) is 15.9 Å². The van der Waals surface area contributed by atoms with E-state index in [1.807, 2.05) is 0 Å². The third kappa shape index (κ3) is 13.7. The van der Waals surface area contributed by atoms with E-state index in [2.05, 4.69) is 21.3 Å². The third-order valence-electron chi connectivity index (χ3n) is 6.60. The highest BCUT2D eigenvalue weighted by Crippen LogP contribution is 2.13. The highest BCUT2D eigenvalue weighted by Gasteiger charge is 2.34. The molecule has 45 heavy (non-hydrogen) atoms. The Hall–Kier alpha value is -4.60. The molecule has 0 aliphatic carbocycles. The van der Waals surface area contributed by atoms with E-state index in [0.29, 0.717) is 0 Å². The Balaban J connectivity index is 3.25. The van der Waals surface area contributed by atoms with Crippen LogP contribution in [0, 0.1) is 17.7 Å². The lowest BCUT2D eigenvalue weighted by Gasteiger charge is -2.28. The summed E-state index contributed by atoms with van der Waals surface area (Å²) in [7, 11) is 0. The van der Waals surface area contributed by atoms with E-state index in [-0.39, 0.29) is 30.7 Å². The number of benzene rings is 1. The molecule has 1 aromatic rings. The second-order valence-corrected chi connectivity index (χ2v) is 11.3. The predicted octanol–water partition coefficient (Wildman–Crippen LogP) is -0.239. The van der Waals surface area contributed by atoms with Gasteiger partial charge in [-0.2, -0.15) is 0 Å². The smallest absolute Gasteiger partial charge is 0.326 e. The van der Waals surface area contributed by atoms with Gasteiger partial charge in [-0.05, 0) is 36.3 Å². The molecule has 16 heteroatoms. The molecule has 0 fully saturated rings. The summed E-state index contributed by atoms with van der Waals surface area (Å²) in [5.74, 6) is -9.21. The minimum absolute atomic E-state index is 0.00525. The molecule has 1 rings (SSSR count). The molecule has 0 aromatic heterocycles. The van der Waals surface area contributed by atoms with Crippen molar-refractivity contribution in [3.8, 4) is 0 Å². The number of carboxylic acid groups (broad SMARTS) is 3. The predicted molar refractivity (Wildman–Crippen MR) is 157 cm³/mol. The van der Waals surface area contributed by atoms with Gasteiger partial charge in [-0.15, -0.1) is 0 Å². The molecule has 0 bridgehead atoms. The normalized spacial score (nSPS) is 14.4. The van der Waals surface area contributed by atoms with Crippen LogP contribution in [-0.4, -0.2) is 87.1 Å². The van der Waals surface area contributed by atoms with E-state index in [1.54, 1.807) is 27.7 Å². The van der Waals surface area contributed by atoms with Crippen molar-refractivity contribution in [3.05, 3.63) is 35.6 Å². The Morgan fingerprint density at radius 3 is 1.82 bits per heavy atom. The third-order valence-corrected chi connectivity index (χ3v) is 6.60. The number of nitrogens with one attached hydrogen (secondary N) is 4. The number of hydrogen-bond donors (Lipinski definition) is 8. The number of carbonyl (C=O) groups is 7. The number of nitrogens with two attached hydrogens (primary N) is 1. The van der Waals surface area contributed by atoms with Gasteiger partial charge in [-0.25, -0.2) is 9.18 Å². The van der Waals surface area contributed by atoms with Gasteiger partial charge in [-0.1, -0.05) is 45.9 Å². The average molecular weight is 640 g/mol. The largest absolute Gasteiger partial charge is 0.481 e. The van der Waals surface area contributed by atoms with Crippen LogP contribution in [0.25, 0.3) is 0 Å². The van der Waals surface area contributed by atoms with Crippen LogP contribution in [0.5, 0.6) is 0 Å². The molecule has 15 nitrogen and oxygen atoms in total. The van der Waals surface area contributed by atoms with Crippen molar-refractivity contribution < 1.29 is 53.3 Å². The first-order chi connectivity index (χ1) is 20.9. The van der Waals surface area contributed by atoms with E-state index in [1.165, 1.54) is 18.2 Å².